The molecule has 0 aromatic heterocycles. The van der Waals surface area contributed by atoms with Crippen LogP contribution >= 0.6 is 0 Å². The summed E-state index contributed by atoms with van der Waals surface area (Å²) in [6, 6.07) is 14.8. The fourth-order valence-electron chi connectivity index (χ4n) is 3.98. The maximum absolute atomic E-state index is 12.7. The first kappa shape index (κ1) is 17.5. The van der Waals surface area contributed by atoms with Crippen molar-refractivity contribution >= 4 is 12.1 Å². The Morgan fingerprint density at radius 3 is 2.26 bits per heavy atom. The van der Waals surface area contributed by atoms with Gasteiger partial charge in [0, 0.05) is 5.92 Å². The van der Waals surface area contributed by atoms with E-state index in [1.165, 1.54) is 4.90 Å². The first-order valence-corrected chi connectivity index (χ1v) is 9.01. The van der Waals surface area contributed by atoms with Crippen LogP contribution in [0.5, 0.6) is 0 Å². The van der Waals surface area contributed by atoms with Gasteiger partial charge in [0.25, 0.3) is 0 Å². The molecule has 1 fully saturated rings. The van der Waals surface area contributed by atoms with Crippen molar-refractivity contribution in [2.45, 2.75) is 24.9 Å². The number of benzene rings is 2. The number of aliphatic carboxylic acids is 1. The molecule has 0 bridgehead atoms. The van der Waals surface area contributed by atoms with Crippen molar-refractivity contribution in [1.82, 2.24) is 4.90 Å². The molecular weight excluding hydrogens is 346 g/mol. The summed E-state index contributed by atoms with van der Waals surface area (Å²) in [6.45, 7) is 2.21. The van der Waals surface area contributed by atoms with E-state index in [-0.39, 0.29) is 25.2 Å². The zero-order valence-electron chi connectivity index (χ0n) is 15.0. The lowest BCUT2D eigenvalue weighted by Gasteiger charge is -2.37. The van der Waals surface area contributed by atoms with E-state index in [0.29, 0.717) is 6.61 Å². The summed E-state index contributed by atoms with van der Waals surface area (Å²) in [6.07, 6.45) is -0.611. The van der Waals surface area contributed by atoms with Gasteiger partial charge in [0.05, 0.1) is 19.3 Å². The van der Waals surface area contributed by atoms with E-state index >= 15 is 0 Å². The quantitative estimate of drug-likeness (QED) is 0.902. The number of hydrogen-bond donors (Lipinski definition) is 1. The summed E-state index contributed by atoms with van der Waals surface area (Å²) in [5.41, 5.74) is 4.54. The molecule has 1 amide bonds. The molecule has 27 heavy (non-hydrogen) atoms. The Balaban J connectivity index is 1.55. The van der Waals surface area contributed by atoms with Gasteiger partial charge in [-0.1, -0.05) is 48.5 Å². The second kappa shape index (κ2) is 7.04. The van der Waals surface area contributed by atoms with Crippen LogP contribution in [-0.4, -0.2) is 54.0 Å². The van der Waals surface area contributed by atoms with E-state index in [1.807, 2.05) is 36.4 Å². The number of morpholine rings is 1. The van der Waals surface area contributed by atoms with Gasteiger partial charge in [-0.25, -0.2) is 9.59 Å². The SMILES string of the molecule is C[C@H]1COC[C@@H](C(=O)O)N1C(=O)OCC1c2ccccc2-c2ccccc21. The van der Waals surface area contributed by atoms with Crippen LogP contribution in [0.15, 0.2) is 48.5 Å². The Kier molecular flexibility index (Phi) is 4.58. The summed E-state index contributed by atoms with van der Waals surface area (Å²) in [4.78, 5) is 25.4. The van der Waals surface area contributed by atoms with Crippen molar-refractivity contribution in [2.75, 3.05) is 19.8 Å². The number of fused-ring (bicyclic) bond motifs is 3. The lowest BCUT2D eigenvalue weighted by molar-refractivity contribution is -0.151. The third-order valence-corrected chi connectivity index (χ3v) is 5.28. The van der Waals surface area contributed by atoms with Gasteiger partial charge in [0.15, 0.2) is 6.04 Å². The van der Waals surface area contributed by atoms with Gasteiger partial charge in [0.2, 0.25) is 0 Å². The van der Waals surface area contributed by atoms with E-state index in [4.69, 9.17) is 9.47 Å². The lowest BCUT2D eigenvalue weighted by atomic mass is 9.98. The number of carbonyl (C=O) groups excluding carboxylic acids is 1. The molecule has 1 saturated heterocycles. The predicted octanol–water partition coefficient (Wildman–Crippen LogP) is 3.11. The van der Waals surface area contributed by atoms with Crippen molar-refractivity contribution < 1.29 is 24.2 Å². The van der Waals surface area contributed by atoms with E-state index in [0.717, 1.165) is 22.3 Å². The van der Waals surface area contributed by atoms with Crippen LogP contribution in [0.3, 0.4) is 0 Å². The Labute approximate surface area is 157 Å². The van der Waals surface area contributed by atoms with Crippen LogP contribution in [0, 0.1) is 0 Å². The third-order valence-electron chi connectivity index (χ3n) is 5.28. The van der Waals surface area contributed by atoms with Crippen LogP contribution < -0.4 is 0 Å². The fraction of sp³-hybridized carbons (Fsp3) is 0.333. The van der Waals surface area contributed by atoms with Crippen LogP contribution in [-0.2, 0) is 14.3 Å². The minimum absolute atomic E-state index is 0.0239. The Morgan fingerprint density at radius 1 is 1.07 bits per heavy atom. The monoisotopic (exact) mass is 367 g/mol. The van der Waals surface area contributed by atoms with E-state index in [2.05, 4.69) is 12.1 Å². The maximum atomic E-state index is 12.7. The highest BCUT2D eigenvalue weighted by molar-refractivity contribution is 5.81. The molecule has 1 aliphatic carbocycles. The molecule has 1 aliphatic heterocycles. The number of hydrogen-bond acceptors (Lipinski definition) is 4. The van der Waals surface area contributed by atoms with Crippen LogP contribution in [0.4, 0.5) is 4.79 Å². The fourth-order valence-corrected chi connectivity index (χ4v) is 3.98. The number of carbonyl (C=O) groups is 2. The van der Waals surface area contributed by atoms with Gasteiger partial charge < -0.3 is 14.6 Å². The van der Waals surface area contributed by atoms with Crippen molar-refractivity contribution in [3.63, 3.8) is 0 Å². The molecule has 0 spiro atoms. The Bertz CT molecular complexity index is 835. The standard InChI is InChI=1S/C21H21NO5/c1-13-10-26-12-19(20(23)24)22(13)21(25)27-11-18-16-8-4-2-6-14(16)15-7-3-5-9-17(15)18/h2-9,13,18-19H,10-12H2,1H3,(H,23,24)/t13-,19-/m0/s1. The van der Waals surface area contributed by atoms with Crippen molar-refractivity contribution in [2.24, 2.45) is 0 Å². The second-order valence-corrected chi connectivity index (χ2v) is 6.95. The molecule has 0 unspecified atom stereocenters. The minimum atomic E-state index is -1.09. The number of carboxylic acid groups (broad SMARTS) is 1. The van der Waals surface area contributed by atoms with Crippen molar-refractivity contribution in [1.29, 1.82) is 0 Å². The lowest BCUT2D eigenvalue weighted by Crippen LogP contribution is -2.57. The molecular formula is C21H21NO5. The smallest absolute Gasteiger partial charge is 0.410 e. The average Bonchev–Trinajstić information content (AvgIpc) is 3.00. The summed E-state index contributed by atoms with van der Waals surface area (Å²) in [5, 5.41) is 9.39. The van der Waals surface area contributed by atoms with Gasteiger partial charge in [-0.3, -0.25) is 4.90 Å². The second-order valence-electron chi connectivity index (χ2n) is 6.95. The van der Waals surface area contributed by atoms with Crippen LogP contribution in [0.2, 0.25) is 0 Å². The highest BCUT2D eigenvalue weighted by atomic mass is 16.6. The summed E-state index contributed by atoms with van der Waals surface area (Å²) < 4.78 is 10.9. The van der Waals surface area contributed by atoms with Crippen LogP contribution in [0.25, 0.3) is 11.1 Å². The van der Waals surface area contributed by atoms with Crippen LogP contribution in [0.1, 0.15) is 24.0 Å². The molecule has 2 aromatic rings. The predicted molar refractivity (Wildman–Crippen MR) is 98.6 cm³/mol. The van der Waals surface area contributed by atoms with Gasteiger partial charge in [-0.05, 0) is 29.2 Å². The Hall–Kier alpha value is -2.86. The summed E-state index contributed by atoms with van der Waals surface area (Å²) >= 11 is 0. The highest BCUT2D eigenvalue weighted by Crippen LogP contribution is 2.44. The maximum Gasteiger partial charge on any atom is 0.410 e. The zero-order chi connectivity index (χ0) is 19.0. The molecule has 140 valence electrons. The summed E-state index contributed by atoms with van der Waals surface area (Å²) in [7, 11) is 0. The van der Waals surface area contributed by atoms with Gasteiger partial charge in [-0.2, -0.15) is 0 Å². The van der Waals surface area contributed by atoms with E-state index in [9.17, 15) is 14.7 Å². The number of rotatable bonds is 3. The Morgan fingerprint density at radius 2 is 1.67 bits per heavy atom. The number of amides is 1. The topological polar surface area (TPSA) is 76.1 Å². The minimum Gasteiger partial charge on any atom is -0.480 e. The molecule has 2 atom stereocenters. The summed E-state index contributed by atoms with van der Waals surface area (Å²) in [5.74, 6) is -1.14. The molecule has 0 saturated carbocycles. The molecule has 1 N–H and O–H groups in total. The van der Waals surface area contributed by atoms with Gasteiger partial charge in [-0.15, -0.1) is 0 Å². The van der Waals surface area contributed by atoms with Crippen molar-refractivity contribution in [3.8, 4) is 11.1 Å². The van der Waals surface area contributed by atoms with Gasteiger partial charge in [0.1, 0.15) is 6.61 Å². The molecule has 2 aliphatic rings. The molecule has 1 heterocycles. The van der Waals surface area contributed by atoms with Gasteiger partial charge >= 0.3 is 12.1 Å². The molecule has 0 radical (unpaired) electrons. The third kappa shape index (κ3) is 3.06. The molecule has 2 aromatic carbocycles. The highest BCUT2D eigenvalue weighted by Gasteiger charge is 2.39. The number of carboxylic acids is 1. The molecule has 4 rings (SSSR count). The average molecular weight is 367 g/mol. The van der Waals surface area contributed by atoms with Crippen molar-refractivity contribution in [3.05, 3.63) is 59.7 Å². The first-order chi connectivity index (χ1) is 13.1. The molecule has 6 nitrogen and oxygen atoms in total. The zero-order valence-corrected chi connectivity index (χ0v) is 15.0. The largest absolute Gasteiger partial charge is 0.480 e. The number of ether oxygens (including phenoxy) is 2. The number of nitrogens with zero attached hydrogens (tertiary/aromatic N) is 1. The normalized spacial score (nSPS) is 21.4. The van der Waals surface area contributed by atoms with E-state index in [1.54, 1.807) is 6.92 Å². The first-order valence-electron chi connectivity index (χ1n) is 9.01. The van der Waals surface area contributed by atoms with E-state index < -0.39 is 18.1 Å². The molecule has 6 heteroatoms.